The van der Waals surface area contributed by atoms with Gasteiger partial charge in [-0.2, -0.15) is 9.29 Å². The summed E-state index contributed by atoms with van der Waals surface area (Å²) in [6.45, 7) is 3.23. The van der Waals surface area contributed by atoms with Crippen molar-refractivity contribution >= 4 is 102 Å². The Bertz CT molecular complexity index is 3390. The SMILES string of the molecule is CC12C3CN(S(=O)(=O)Cc4ccc5oc(N6CCC(c7ccc8c9c(cccc79)C(=O)N8C7CCC(=O)NC7=O)CC6)nc5c4)C1CC(Nc1cccc(-c4sc(C(=O)O)c(OCC(=O)O)c4Cl)c1)C32. The molecule has 3 amide bonds. The highest BCUT2D eigenvalue weighted by atomic mass is 35.5. The van der Waals surface area contributed by atoms with E-state index in [2.05, 4.69) is 28.5 Å². The van der Waals surface area contributed by atoms with Gasteiger partial charge in [0.25, 0.3) is 11.9 Å². The number of rotatable bonds is 13. The third-order valence-corrected chi connectivity index (χ3v) is 19.1. The Morgan fingerprint density at radius 3 is 2.59 bits per heavy atom. The van der Waals surface area contributed by atoms with Crippen molar-refractivity contribution in [1.82, 2.24) is 14.6 Å². The molecule has 3 saturated heterocycles. The zero-order valence-corrected chi connectivity index (χ0v) is 39.9. The number of carboxylic acid groups (broad SMARTS) is 2. The van der Waals surface area contributed by atoms with E-state index in [1.807, 2.05) is 36.4 Å². The number of nitrogens with zero attached hydrogens (tertiary/aromatic N) is 4. The second-order valence-corrected chi connectivity index (χ2v) is 22.7. The van der Waals surface area contributed by atoms with Gasteiger partial charge in [-0.25, -0.2) is 18.0 Å². The number of carboxylic acids is 2. The number of anilines is 3. The van der Waals surface area contributed by atoms with Gasteiger partial charge in [0.2, 0.25) is 21.8 Å². The topological polar surface area (TPSA) is 229 Å². The molecule has 4 aromatic carbocycles. The molecular weight excluding hydrogens is 960 g/mol. The van der Waals surface area contributed by atoms with E-state index in [9.17, 15) is 37.5 Å². The zero-order chi connectivity index (χ0) is 48.5. The molecular formula is C50H45ClN6O11S2. The third kappa shape index (κ3) is 7.05. The van der Waals surface area contributed by atoms with Crippen molar-refractivity contribution in [2.45, 2.75) is 68.8 Å². The van der Waals surface area contributed by atoms with Crippen LogP contribution in [0.2, 0.25) is 5.02 Å². The fourth-order valence-electron chi connectivity index (χ4n) is 12.4. The van der Waals surface area contributed by atoms with Crippen LogP contribution in [0.25, 0.3) is 32.3 Å². The number of nitrogens with one attached hydrogen (secondary N) is 2. The second-order valence-electron chi connectivity index (χ2n) is 19.4. The fraction of sp³-hybridized carbons (Fsp3) is 0.360. The number of aromatic nitrogens is 1. The Kier molecular flexibility index (Phi) is 10.4. The van der Waals surface area contributed by atoms with Gasteiger partial charge in [0.05, 0.1) is 16.3 Å². The first kappa shape index (κ1) is 44.7. The van der Waals surface area contributed by atoms with Crippen molar-refractivity contribution in [2.75, 3.05) is 41.4 Å². The smallest absolute Gasteiger partial charge is 0.349 e. The van der Waals surface area contributed by atoms with Gasteiger partial charge in [-0.3, -0.25) is 24.6 Å². The van der Waals surface area contributed by atoms with Crippen LogP contribution in [-0.4, -0.2) is 102 Å². The number of fused-ring (bicyclic) bond motifs is 2. The first-order valence-electron chi connectivity index (χ1n) is 23.2. The van der Waals surface area contributed by atoms with E-state index in [1.165, 1.54) is 0 Å². The normalized spacial score (nSPS) is 25.2. The number of ether oxygens (including phenoxy) is 1. The molecule has 17 nitrogen and oxygen atoms in total. The van der Waals surface area contributed by atoms with E-state index in [-0.39, 0.29) is 81.3 Å². The largest absolute Gasteiger partial charge is 0.479 e. The van der Waals surface area contributed by atoms with E-state index in [4.69, 9.17) is 30.8 Å². The number of amides is 3. The summed E-state index contributed by atoms with van der Waals surface area (Å²) in [6.07, 6.45) is 2.68. The molecule has 2 aliphatic carbocycles. The van der Waals surface area contributed by atoms with E-state index in [1.54, 1.807) is 39.5 Å². The minimum absolute atomic E-state index is 0.0000937. The highest BCUT2D eigenvalue weighted by Gasteiger charge is 2.78. The van der Waals surface area contributed by atoms with Gasteiger partial charge in [-0.1, -0.05) is 54.9 Å². The summed E-state index contributed by atoms with van der Waals surface area (Å²) in [6, 6.07) is 22.0. The molecule has 6 unspecified atom stereocenters. The highest BCUT2D eigenvalue weighted by Crippen LogP contribution is 2.74. The number of piperidine rings is 3. The number of hydrogen-bond donors (Lipinski definition) is 4. The predicted molar refractivity (Wildman–Crippen MR) is 260 cm³/mol. The minimum atomic E-state index is -3.72. The average molecular weight is 1010 g/mol. The number of thiophene rings is 1. The molecule has 6 atom stereocenters. The zero-order valence-electron chi connectivity index (χ0n) is 37.5. The molecule has 70 heavy (non-hydrogen) atoms. The van der Waals surface area contributed by atoms with Crippen molar-refractivity contribution in [3.05, 3.63) is 99.4 Å². The number of oxazole rings is 1. The lowest BCUT2D eigenvalue weighted by Crippen LogP contribution is -2.53. The van der Waals surface area contributed by atoms with Crippen molar-refractivity contribution in [1.29, 1.82) is 0 Å². The number of carbonyl (C=O) groups is 5. The summed E-state index contributed by atoms with van der Waals surface area (Å²) in [4.78, 5) is 70.2. The molecule has 12 rings (SSSR count). The van der Waals surface area contributed by atoms with Gasteiger partial charge in [-0.05, 0) is 107 Å². The Morgan fingerprint density at radius 1 is 1.03 bits per heavy atom. The van der Waals surface area contributed by atoms with Crippen LogP contribution in [0.4, 0.5) is 17.4 Å². The number of halogens is 1. The van der Waals surface area contributed by atoms with E-state index in [0.29, 0.717) is 70.4 Å². The van der Waals surface area contributed by atoms with Crippen LogP contribution >= 0.6 is 22.9 Å². The molecule has 4 N–H and O–H groups in total. The van der Waals surface area contributed by atoms with Crippen molar-refractivity contribution in [2.24, 2.45) is 17.3 Å². The second kappa shape index (κ2) is 16.3. The average Bonchev–Trinajstić information content (AvgIpc) is 3.80. The molecule has 0 radical (unpaired) electrons. The summed E-state index contributed by atoms with van der Waals surface area (Å²) < 4.78 is 41.7. The van der Waals surface area contributed by atoms with E-state index in [0.717, 1.165) is 46.2 Å². The summed E-state index contributed by atoms with van der Waals surface area (Å²) in [5, 5.41) is 26.7. The van der Waals surface area contributed by atoms with Crippen LogP contribution in [0, 0.1) is 17.3 Å². The van der Waals surface area contributed by atoms with Gasteiger partial charge in [0.1, 0.15) is 16.6 Å². The van der Waals surface area contributed by atoms with Gasteiger partial charge in [0.15, 0.2) is 22.8 Å². The number of hydrogen-bond acceptors (Lipinski definition) is 13. The number of benzene rings is 4. The Morgan fingerprint density at radius 2 is 1.83 bits per heavy atom. The Balaban J connectivity index is 0.702. The van der Waals surface area contributed by atoms with Gasteiger partial charge >= 0.3 is 11.9 Å². The van der Waals surface area contributed by atoms with Crippen LogP contribution in [0.15, 0.2) is 77.2 Å². The quantitative estimate of drug-likeness (QED) is 0.0832. The minimum Gasteiger partial charge on any atom is -0.479 e. The Labute approximate surface area is 409 Å². The maximum atomic E-state index is 14.3. The van der Waals surface area contributed by atoms with Crippen molar-refractivity contribution < 1.29 is 51.8 Å². The number of aromatic carboxylic acids is 1. The number of carbonyl (C=O) groups excluding carboxylic acids is 3. The first-order chi connectivity index (χ1) is 33.6. The molecule has 0 bridgehead atoms. The fourth-order valence-corrected chi connectivity index (χ4v) is 15.7. The first-order valence-corrected chi connectivity index (χ1v) is 26.0. The third-order valence-electron chi connectivity index (χ3n) is 15.6. The maximum Gasteiger partial charge on any atom is 0.349 e. The number of aliphatic carboxylic acids is 1. The lowest BCUT2D eigenvalue weighted by atomic mass is 9.85. The summed E-state index contributed by atoms with van der Waals surface area (Å²) in [5.74, 6) is -3.26. The number of imide groups is 1. The monoisotopic (exact) mass is 1000 g/mol. The lowest BCUT2D eigenvalue weighted by molar-refractivity contribution is -0.139. The molecule has 6 aromatic rings. The van der Waals surface area contributed by atoms with Crippen LogP contribution in [0.3, 0.4) is 0 Å². The van der Waals surface area contributed by atoms with Crippen molar-refractivity contribution in [3.8, 4) is 16.2 Å². The predicted octanol–water partition coefficient (Wildman–Crippen LogP) is 7.32. The molecule has 20 heteroatoms. The van der Waals surface area contributed by atoms with Crippen LogP contribution in [0.1, 0.15) is 76.1 Å². The van der Waals surface area contributed by atoms with E-state index < -0.39 is 40.5 Å². The van der Waals surface area contributed by atoms with Crippen molar-refractivity contribution in [3.63, 3.8) is 0 Å². The van der Waals surface area contributed by atoms with Crippen LogP contribution in [0.5, 0.6) is 5.75 Å². The van der Waals surface area contributed by atoms with Crippen LogP contribution < -0.4 is 25.2 Å². The molecule has 6 heterocycles. The molecule has 6 aliphatic rings. The van der Waals surface area contributed by atoms with Gasteiger partial charge < -0.3 is 29.6 Å². The molecule has 0 spiro atoms. The number of sulfonamides is 1. The van der Waals surface area contributed by atoms with Gasteiger partial charge in [-0.15, -0.1) is 11.3 Å². The lowest BCUT2D eigenvalue weighted by Gasteiger charge is -2.32. The molecule has 2 saturated carbocycles. The van der Waals surface area contributed by atoms with Gasteiger partial charge in [0, 0.05) is 54.8 Å². The molecule has 2 aromatic heterocycles. The van der Waals surface area contributed by atoms with E-state index >= 15 is 0 Å². The highest BCUT2D eigenvalue weighted by molar-refractivity contribution is 7.88. The maximum absolute atomic E-state index is 14.3. The molecule has 360 valence electrons. The molecule has 4 aliphatic heterocycles. The summed E-state index contributed by atoms with van der Waals surface area (Å²) in [5.41, 5.74) is 5.38. The summed E-state index contributed by atoms with van der Waals surface area (Å²) in [7, 11) is -3.72. The standard InChI is InChI=1S/C50H45ClN6O11S2/c1-50-31-21-56(37(50)20-33(41(31)50)52-27-5-2-4-26(19-27)44-42(51)43(67-22-39(59)60)45(69-44)48(63)64)70(65,66)23-24-8-12-36-32(18-24)53-49(68-36)55-16-14-25(15-17-55)28-9-10-34-40-29(28)6-3-7-30(40)47(62)57(34)35-11-13-38(58)54-46(35)61/h2-10,12,18-19,25,31,33,35,37,41,52H,11,13-17,20-23H2,1H3,(H,59,60)(H,63,64)(H,54,58,61). The molecule has 5 fully saturated rings. The summed E-state index contributed by atoms with van der Waals surface area (Å²) >= 11 is 7.48. The van der Waals surface area contributed by atoms with Crippen LogP contribution in [-0.2, 0) is 30.2 Å². The Hall–Kier alpha value is -6.54.